The molecule has 1 aliphatic rings. The minimum absolute atomic E-state index is 0.0667. The van der Waals surface area contributed by atoms with Gasteiger partial charge in [0.25, 0.3) is 5.91 Å². The summed E-state index contributed by atoms with van der Waals surface area (Å²) >= 11 is 1.42. The van der Waals surface area contributed by atoms with E-state index in [1.807, 2.05) is 5.38 Å². The fourth-order valence-corrected chi connectivity index (χ4v) is 4.34. The number of benzene rings is 1. The van der Waals surface area contributed by atoms with Crippen molar-refractivity contribution in [3.05, 3.63) is 58.1 Å². The predicted octanol–water partition coefficient (Wildman–Crippen LogP) is 4.90. The van der Waals surface area contributed by atoms with Gasteiger partial charge in [-0.15, -0.1) is 11.3 Å². The molecule has 0 bridgehead atoms. The van der Waals surface area contributed by atoms with E-state index < -0.39 is 0 Å². The second kappa shape index (κ2) is 7.13. The number of fused-ring (bicyclic) bond motifs is 1. The van der Waals surface area contributed by atoms with Gasteiger partial charge in [0.1, 0.15) is 5.82 Å². The summed E-state index contributed by atoms with van der Waals surface area (Å²) < 4.78 is 15.1. The lowest BCUT2D eigenvalue weighted by Gasteiger charge is -2.14. The van der Waals surface area contributed by atoms with Crippen LogP contribution in [0, 0.1) is 5.82 Å². The molecule has 3 aromatic rings. The average Bonchev–Trinajstić information content (AvgIpc) is 3.27. The Hall–Kier alpha value is -2.54. The Kier molecular flexibility index (Phi) is 4.79. The molecule has 4 rings (SSSR count). The molecule has 7 heteroatoms. The minimum atomic E-state index is -0.291. The molecular weight excluding hydrogens is 375 g/mol. The molecule has 0 fully saturated rings. The molecule has 1 N–H and O–H groups in total. The van der Waals surface area contributed by atoms with Crippen LogP contribution in [0.4, 0.5) is 9.52 Å². The molecule has 0 saturated heterocycles. The Balaban J connectivity index is 1.66. The molecule has 1 aromatic carbocycles. The highest BCUT2D eigenvalue weighted by atomic mass is 32.1. The van der Waals surface area contributed by atoms with Crippen LogP contribution < -0.4 is 5.32 Å². The van der Waals surface area contributed by atoms with Crippen LogP contribution in [0.5, 0.6) is 0 Å². The first-order valence-corrected chi connectivity index (χ1v) is 10.3. The highest BCUT2D eigenvalue weighted by Crippen LogP contribution is 2.29. The zero-order valence-corrected chi connectivity index (χ0v) is 17.1. The lowest BCUT2D eigenvalue weighted by molar-refractivity contribution is 0.102. The van der Waals surface area contributed by atoms with Crippen LogP contribution in [0.3, 0.4) is 0 Å². The van der Waals surface area contributed by atoms with Gasteiger partial charge in [0.15, 0.2) is 10.8 Å². The van der Waals surface area contributed by atoms with E-state index in [9.17, 15) is 9.18 Å². The van der Waals surface area contributed by atoms with Crippen LogP contribution in [-0.2, 0) is 18.3 Å². The lowest BCUT2D eigenvalue weighted by atomic mass is 9.93. The van der Waals surface area contributed by atoms with E-state index in [1.54, 1.807) is 16.8 Å². The third kappa shape index (κ3) is 3.58. The SMILES string of the molecule is CC(C)(C)c1csc(NC(=O)c2nn(-c3ccc(F)cc3)c3c2CCCC3)n1. The van der Waals surface area contributed by atoms with Crippen molar-refractivity contribution < 1.29 is 9.18 Å². The van der Waals surface area contributed by atoms with Crippen LogP contribution in [0.25, 0.3) is 5.69 Å². The van der Waals surface area contributed by atoms with E-state index in [2.05, 4.69) is 36.2 Å². The molecule has 0 aliphatic heterocycles. The van der Waals surface area contributed by atoms with Gasteiger partial charge in [0.2, 0.25) is 0 Å². The highest BCUT2D eigenvalue weighted by Gasteiger charge is 2.26. The Morgan fingerprint density at radius 1 is 1.18 bits per heavy atom. The van der Waals surface area contributed by atoms with Gasteiger partial charge in [-0.25, -0.2) is 14.1 Å². The molecule has 28 heavy (non-hydrogen) atoms. The van der Waals surface area contributed by atoms with Gasteiger partial charge in [-0.2, -0.15) is 5.10 Å². The molecule has 1 amide bonds. The molecule has 2 aromatic heterocycles. The maximum absolute atomic E-state index is 13.3. The summed E-state index contributed by atoms with van der Waals surface area (Å²) in [5.74, 6) is -0.532. The number of rotatable bonds is 3. The average molecular weight is 399 g/mol. The number of thiazole rings is 1. The third-order valence-corrected chi connectivity index (χ3v) is 5.72. The predicted molar refractivity (Wildman–Crippen MR) is 109 cm³/mol. The van der Waals surface area contributed by atoms with Crippen molar-refractivity contribution in [2.24, 2.45) is 0 Å². The van der Waals surface area contributed by atoms with Crippen LogP contribution in [0.2, 0.25) is 0 Å². The van der Waals surface area contributed by atoms with Crippen molar-refractivity contribution in [2.75, 3.05) is 5.32 Å². The van der Waals surface area contributed by atoms with Crippen molar-refractivity contribution in [2.45, 2.75) is 51.9 Å². The largest absolute Gasteiger partial charge is 0.296 e. The smallest absolute Gasteiger partial charge is 0.278 e. The molecule has 146 valence electrons. The van der Waals surface area contributed by atoms with Crippen LogP contribution in [-0.4, -0.2) is 20.7 Å². The van der Waals surface area contributed by atoms with Crippen LogP contribution >= 0.6 is 11.3 Å². The number of halogens is 1. The number of carbonyl (C=O) groups excluding carboxylic acids is 1. The van der Waals surface area contributed by atoms with Gasteiger partial charge in [-0.3, -0.25) is 10.1 Å². The summed E-state index contributed by atoms with van der Waals surface area (Å²) in [6.45, 7) is 6.27. The molecule has 0 spiro atoms. The number of nitrogens with one attached hydrogen (secondary N) is 1. The fourth-order valence-electron chi connectivity index (χ4n) is 3.41. The first-order chi connectivity index (χ1) is 13.3. The van der Waals surface area contributed by atoms with E-state index in [0.717, 1.165) is 48.3 Å². The minimum Gasteiger partial charge on any atom is -0.296 e. The van der Waals surface area contributed by atoms with Gasteiger partial charge in [0, 0.05) is 22.1 Å². The number of aromatic nitrogens is 3. The molecular formula is C21H23FN4OS. The van der Waals surface area contributed by atoms with E-state index >= 15 is 0 Å². The van der Waals surface area contributed by atoms with Gasteiger partial charge < -0.3 is 0 Å². The number of anilines is 1. The molecule has 2 heterocycles. The van der Waals surface area contributed by atoms with Crippen molar-refractivity contribution in [3.8, 4) is 5.69 Å². The molecule has 0 atom stereocenters. The number of nitrogens with zero attached hydrogens (tertiary/aromatic N) is 3. The first kappa shape index (κ1) is 18.8. The van der Waals surface area contributed by atoms with Crippen molar-refractivity contribution in [1.29, 1.82) is 0 Å². The zero-order valence-electron chi connectivity index (χ0n) is 16.3. The molecule has 0 unspecified atom stereocenters. The number of hydrogen-bond donors (Lipinski definition) is 1. The topological polar surface area (TPSA) is 59.8 Å². The summed E-state index contributed by atoms with van der Waals surface area (Å²) in [6.07, 6.45) is 3.78. The summed E-state index contributed by atoms with van der Waals surface area (Å²) in [5.41, 5.74) is 4.11. The molecule has 5 nitrogen and oxygen atoms in total. The third-order valence-electron chi connectivity index (χ3n) is 4.96. The van der Waals surface area contributed by atoms with Crippen molar-refractivity contribution in [3.63, 3.8) is 0 Å². The number of hydrogen-bond acceptors (Lipinski definition) is 4. The number of carbonyl (C=O) groups is 1. The van der Waals surface area contributed by atoms with E-state index in [-0.39, 0.29) is 17.1 Å². The lowest BCUT2D eigenvalue weighted by Crippen LogP contribution is -2.16. The van der Waals surface area contributed by atoms with Crippen molar-refractivity contribution >= 4 is 22.4 Å². The summed E-state index contributed by atoms with van der Waals surface area (Å²) in [5, 5.41) is 10.1. The van der Waals surface area contributed by atoms with Crippen LogP contribution in [0.15, 0.2) is 29.6 Å². The van der Waals surface area contributed by atoms with Crippen LogP contribution in [0.1, 0.15) is 61.1 Å². The highest BCUT2D eigenvalue weighted by molar-refractivity contribution is 7.14. The van der Waals surface area contributed by atoms with Gasteiger partial charge in [0.05, 0.1) is 11.4 Å². The normalized spacial score (nSPS) is 14.0. The molecule has 1 aliphatic carbocycles. The van der Waals surface area contributed by atoms with E-state index in [0.29, 0.717) is 10.8 Å². The second-order valence-corrected chi connectivity index (χ2v) is 8.97. The van der Waals surface area contributed by atoms with Gasteiger partial charge in [-0.1, -0.05) is 20.8 Å². The fraction of sp³-hybridized carbons (Fsp3) is 0.381. The maximum Gasteiger partial charge on any atom is 0.278 e. The maximum atomic E-state index is 13.3. The summed E-state index contributed by atoms with van der Waals surface area (Å²) in [4.78, 5) is 17.5. The zero-order chi connectivity index (χ0) is 19.9. The summed E-state index contributed by atoms with van der Waals surface area (Å²) in [7, 11) is 0. The molecule has 0 radical (unpaired) electrons. The molecule has 0 saturated carbocycles. The quantitative estimate of drug-likeness (QED) is 0.683. The van der Waals surface area contributed by atoms with Gasteiger partial charge >= 0.3 is 0 Å². The van der Waals surface area contributed by atoms with Crippen molar-refractivity contribution in [1.82, 2.24) is 14.8 Å². The first-order valence-electron chi connectivity index (χ1n) is 9.47. The van der Waals surface area contributed by atoms with E-state index in [4.69, 9.17) is 0 Å². The Morgan fingerprint density at radius 2 is 1.89 bits per heavy atom. The second-order valence-electron chi connectivity index (χ2n) is 8.11. The van der Waals surface area contributed by atoms with E-state index in [1.165, 1.54) is 23.5 Å². The number of amides is 1. The Labute approximate surface area is 167 Å². The summed E-state index contributed by atoms with van der Waals surface area (Å²) in [6, 6.07) is 6.20. The standard InChI is InChI=1S/C21H23FN4OS/c1-21(2,3)17-12-28-20(23-17)24-19(27)18-15-6-4-5-7-16(15)26(25-18)14-10-8-13(22)9-11-14/h8-12H,4-7H2,1-3H3,(H,23,24,27). The Morgan fingerprint density at radius 3 is 2.57 bits per heavy atom. The van der Waals surface area contributed by atoms with Gasteiger partial charge in [-0.05, 0) is 49.9 Å². The monoisotopic (exact) mass is 398 g/mol. The Bertz CT molecular complexity index is 1010.